The maximum Gasteiger partial charge on any atom is 0.233 e. The van der Waals surface area contributed by atoms with Gasteiger partial charge >= 0.3 is 0 Å². The average Bonchev–Trinajstić information content (AvgIpc) is 2.68. The van der Waals surface area contributed by atoms with E-state index in [2.05, 4.69) is 24.0 Å². The molecule has 1 atom stereocenters. The van der Waals surface area contributed by atoms with Gasteiger partial charge in [0, 0.05) is 5.92 Å². The first-order chi connectivity index (χ1) is 6.72. The van der Waals surface area contributed by atoms with Gasteiger partial charge in [0.2, 0.25) is 11.8 Å². The van der Waals surface area contributed by atoms with Crippen LogP contribution in [0, 0.1) is 0 Å². The van der Waals surface area contributed by atoms with E-state index in [-0.39, 0.29) is 6.04 Å². The topological polar surface area (TPSA) is 64.9 Å². The molecule has 1 aromatic heterocycles. The van der Waals surface area contributed by atoms with Crippen molar-refractivity contribution < 1.29 is 4.42 Å². The molecule has 0 aliphatic rings. The Labute approximate surface area is 84.9 Å². The second-order valence-corrected chi connectivity index (χ2v) is 3.51. The molecule has 0 saturated carbocycles. The van der Waals surface area contributed by atoms with Crippen LogP contribution in [-0.2, 0) is 0 Å². The van der Waals surface area contributed by atoms with Gasteiger partial charge in [0.05, 0.1) is 6.04 Å². The summed E-state index contributed by atoms with van der Waals surface area (Å²) in [5.41, 5.74) is 5.79. The lowest BCUT2D eigenvalue weighted by Crippen LogP contribution is -2.08. The number of nitrogens with zero attached hydrogens (tertiary/aromatic N) is 2. The van der Waals surface area contributed by atoms with Gasteiger partial charge in [-0.15, -0.1) is 10.2 Å². The van der Waals surface area contributed by atoms with Gasteiger partial charge in [-0.1, -0.05) is 20.8 Å². The third-order valence-corrected chi connectivity index (χ3v) is 2.55. The lowest BCUT2D eigenvalue weighted by atomic mass is 10.0. The summed E-state index contributed by atoms with van der Waals surface area (Å²) in [4.78, 5) is 0. The Hall–Kier alpha value is -0.900. The summed E-state index contributed by atoms with van der Waals surface area (Å²) < 4.78 is 5.53. The van der Waals surface area contributed by atoms with Crippen molar-refractivity contribution in [2.45, 2.75) is 52.0 Å². The largest absolute Gasteiger partial charge is 0.423 e. The average molecular weight is 197 g/mol. The van der Waals surface area contributed by atoms with E-state index in [1.54, 1.807) is 0 Å². The highest BCUT2D eigenvalue weighted by Crippen LogP contribution is 2.23. The number of aromatic nitrogens is 2. The molecule has 2 N–H and O–H groups in total. The van der Waals surface area contributed by atoms with Crippen molar-refractivity contribution in [1.29, 1.82) is 0 Å². The van der Waals surface area contributed by atoms with Gasteiger partial charge in [-0.3, -0.25) is 0 Å². The summed E-state index contributed by atoms with van der Waals surface area (Å²) in [7, 11) is 0. The molecule has 0 spiro atoms. The van der Waals surface area contributed by atoms with Gasteiger partial charge in [-0.05, 0) is 19.3 Å². The summed E-state index contributed by atoms with van der Waals surface area (Å²) in [5, 5.41) is 7.99. The Morgan fingerprint density at radius 3 is 2.14 bits per heavy atom. The van der Waals surface area contributed by atoms with Crippen LogP contribution in [0.1, 0.15) is 63.8 Å². The molecule has 1 heterocycles. The molecule has 80 valence electrons. The highest BCUT2D eigenvalue weighted by molar-refractivity contribution is 4.93. The molecule has 0 aliphatic carbocycles. The lowest BCUT2D eigenvalue weighted by molar-refractivity contribution is 0.380. The fraction of sp³-hybridized carbons (Fsp3) is 0.800. The third kappa shape index (κ3) is 2.32. The zero-order valence-electron chi connectivity index (χ0n) is 9.16. The summed E-state index contributed by atoms with van der Waals surface area (Å²) in [5.74, 6) is 1.67. The van der Waals surface area contributed by atoms with Crippen LogP contribution >= 0.6 is 0 Å². The highest BCUT2D eigenvalue weighted by Gasteiger charge is 2.17. The molecule has 4 heteroatoms. The van der Waals surface area contributed by atoms with Crippen LogP contribution in [-0.4, -0.2) is 10.2 Å². The smallest absolute Gasteiger partial charge is 0.233 e. The zero-order valence-corrected chi connectivity index (χ0v) is 9.16. The summed E-state index contributed by atoms with van der Waals surface area (Å²) in [6.45, 7) is 6.25. The Morgan fingerprint density at radius 1 is 1.07 bits per heavy atom. The molecule has 0 saturated heterocycles. The third-order valence-electron chi connectivity index (χ3n) is 2.55. The van der Waals surface area contributed by atoms with E-state index in [9.17, 15) is 0 Å². The molecule has 0 amide bonds. The van der Waals surface area contributed by atoms with E-state index in [0.717, 1.165) is 25.2 Å². The van der Waals surface area contributed by atoms with E-state index in [1.807, 2.05) is 6.92 Å². The molecule has 0 radical (unpaired) electrons. The highest BCUT2D eigenvalue weighted by atomic mass is 16.4. The van der Waals surface area contributed by atoms with E-state index in [0.29, 0.717) is 11.8 Å². The predicted octanol–water partition coefficient (Wildman–Crippen LogP) is 2.38. The van der Waals surface area contributed by atoms with Crippen molar-refractivity contribution in [3.8, 4) is 0 Å². The van der Waals surface area contributed by atoms with E-state index < -0.39 is 0 Å². The Morgan fingerprint density at radius 2 is 1.64 bits per heavy atom. The van der Waals surface area contributed by atoms with E-state index >= 15 is 0 Å². The zero-order chi connectivity index (χ0) is 10.6. The number of nitrogens with two attached hydrogens (primary N) is 1. The first-order valence-corrected chi connectivity index (χ1v) is 5.31. The molecular weight excluding hydrogens is 178 g/mol. The fourth-order valence-electron chi connectivity index (χ4n) is 1.37. The van der Waals surface area contributed by atoms with Crippen molar-refractivity contribution in [2.24, 2.45) is 5.73 Å². The molecule has 1 rings (SSSR count). The monoisotopic (exact) mass is 197 g/mol. The summed E-state index contributed by atoms with van der Waals surface area (Å²) >= 11 is 0. The standard InChI is InChI=1S/C10H19N3O/c1-4-7(5-2)9-12-13-10(14-9)8(11)6-3/h7-8H,4-6,11H2,1-3H3. The fourth-order valence-corrected chi connectivity index (χ4v) is 1.37. The van der Waals surface area contributed by atoms with Crippen molar-refractivity contribution in [1.82, 2.24) is 10.2 Å². The van der Waals surface area contributed by atoms with E-state index in [4.69, 9.17) is 10.2 Å². The number of hydrogen-bond donors (Lipinski definition) is 1. The number of hydrogen-bond acceptors (Lipinski definition) is 4. The maximum absolute atomic E-state index is 5.79. The molecule has 0 aliphatic heterocycles. The molecule has 14 heavy (non-hydrogen) atoms. The van der Waals surface area contributed by atoms with Gasteiger partial charge < -0.3 is 10.2 Å². The van der Waals surface area contributed by atoms with Gasteiger partial charge in [0.1, 0.15) is 0 Å². The Balaban J connectivity index is 2.76. The van der Waals surface area contributed by atoms with Crippen LogP contribution in [0.15, 0.2) is 4.42 Å². The van der Waals surface area contributed by atoms with Crippen molar-refractivity contribution in [3.05, 3.63) is 11.8 Å². The van der Waals surface area contributed by atoms with Crippen LogP contribution in [0.3, 0.4) is 0 Å². The maximum atomic E-state index is 5.79. The van der Waals surface area contributed by atoms with Crippen molar-refractivity contribution in [2.75, 3.05) is 0 Å². The van der Waals surface area contributed by atoms with Crippen LogP contribution in [0.2, 0.25) is 0 Å². The van der Waals surface area contributed by atoms with Crippen LogP contribution in [0.4, 0.5) is 0 Å². The van der Waals surface area contributed by atoms with Gasteiger partial charge in [0.15, 0.2) is 0 Å². The Kier molecular flexibility index (Phi) is 4.07. The minimum Gasteiger partial charge on any atom is -0.423 e. The van der Waals surface area contributed by atoms with Gasteiger partial charge in [0.25, 0.3) is 0 Å². The lowest BCUT2D eigenvalue weighted by Gasteiger charge is -2.06. The quantitative estimate of drug-likeness (QED) is 0.787. The van der Waals surface area contributed by atoms with Crippen molar-refractivity contribution in [3.63, 3.8) is 0 Å². The molecular formula is C10H19N3O. The van der Waals surface area contributed by atoms with Gasteiger partial charge in [-0.2, -0.15) is 0 Å². The van der Waals surface area contributed by atoms with Gasteiger partial charge in [-0.25, -0.2) is 0 Å². The molecule has 4 nitrogen and oxygen atoms in total. The normalized spacial score (nSPS) is 13.5. The summed E-state index contributed by atoms with van der Waals surface area (Å²) in [6, 6.07) is -0.120. The molecule has 1 aromatic rings. The molecule has 1 unspecified atom stereocenters. The second-order valence-electron chi connectivity index (χ2n) is 3.51. The first kappa shape index (κ1) is 11.2. The Bertz CT molecular complexity index is 268. The predicted molar refractivity (Wildman–Crippen MR) is 54.8 cm³/mol. The van der Waals surface area contributed by atoms with E-state index in [1.165, 1.54) is 0 Å². The van der Waals surface area contributed by atoms with Crippen molar-refractivity contribution >= 4 is 0 Å². The molecule has 0 bridgehead atoms. The van der Waals surface area contributed by atoms with Crippen LogP contribution in [0.25, 0.3) is 0 Å². The molecule has 0 fully saturated rings. The minimum atomic E-state index is -0.120. The molecule has 0 aromatic carbocycles. The summed E-state index contributed by atoms with van der Waals surface area (Å²) in [6.07, 6.45) is 2.88. The minimum absolute atomic E-state index is 0.120. The SMILES string of the molecule is CCC(N)c1nnc(C(CC)CC)o1. The second kappa shape index (κ2) is 5.10. The number of rotatable bonds is 5. The van der Waals surface area contributed by atoms with Crippen LogP contribution in [0.5, 0.6) is 0 Å². The first-order valence-electron chi connectivity index (χ1n) is 5.31. The van der Waals surface area contributed by atoms with Crippen LogP contribution < -0.4 is 5.73 Å².